The number of piperidine rings is 1. The molecular weight excluding hydrogens is 262 g/mol. The molecule has 1 heterocycles. The lowest BCUT2D eigenvalue weighted by Gasteiger charge is -2.28. The molecular formula is C18H29NO2. The Morgan fingerprint density at radius 1 is 1.14 bits per heavy atom. The quantitative estimate of drug-likeness (QED) is 0.843. The first-order valence-electron chi connectivity index (χ1n) is 7.99. The highest BCUT2D eigenvalue weighted by molar-refractivity contribution is 5.42. The summed E-state index contributed by atoms with van der Waals surface area (Å²) >= 11 is 0. The summed E-state index contributed by atoms with van der Waals surface area (Å²) in [5.41, 5.74) is 2.93. The van der Waals surface area contributed by atoms with E-state index in [1.165, 1.54) is 24.0 Å². The molecule has 0 unspecified atom stereocenters. The van der Waals surface area contributed by atoms with Crippen LogP contribution in [-0.4, -0.2) is 33.4 Å². The van der Waals surface area contributed by atoms with Gasteiger partial charge in [0.1, 0.15) is 12.4 Å². The van der Waals surface area contributed by atoms with Gasteiger partial charge in [-0.25, -0.2) is 0 Å². The fourth-order valence-corrected chi connectivity index (χ4v) is 2.83. The molecule has 1 aromatic carbocycles. The van der Waals surface area contributed by atoms with Crippen LogP contribution in [0.2, 0.25) is 0 Å². The monoisotopic (exact) mass is 291 g/mol. The van der Waals surface area contributed by atoms with Gasteiger partial charge in [-0.1, -0.05) is 32.9 Å². The maximum Gasteiger partial charge on any atom is 0.122 e. The predicted octanol–water partition coefficient (Wildman–Crippen LogP) is 3.48. The van der Waals surface area contributed by atoms with E-state index in [0.29, 0.717) is 19.1 Å². The van der Waals surface area contributed by atoms with Crippen LogP contribution in [-0.2, 0) is 10.2 Å². The Labute approximate surface area is 129 Å². The predicted molar refractivity (Wildman–Crippen MR) is 87.4 cm³/mol. The zero-order valence-electron chi connectivity index (χ0n) is 13.9. The summed E-state index contributed by atoms with van der Waals surface area (Å²) in [6.07, 6.45) is 2.38. The van der Waals surface area contributed by atoms with Crippen molar-refractivity contribution in [1.29, 1.82) is 0 Å². The highest BCUT2D eigenvalue weighted by atomic mass is 16.5. The average molecular weight is 291 g/mol. The van der Waals surface area contributed by atoms with Gasteiger partial charge in [0.05, 0.1) is 6.61 Å². The lowest BCUT2D eigenvalue weighted by atomic mass is 9.82. The molecule has 118 valence electrons. The van der Waals surface area contributed by atoms with Crippen LogP contribution in [0.25, 0.3) is 0 Å². The van der Waals surface area contributed by atoms with Gasteiger partial charge >= 0.3 is 0 Å². The van der Waals surface area contributed by atoms with Crippen molar-refractivity contribution in [3.05, 3.63) is 29.3 Å². The van der Waals surface area contributed by atoms with Crippen molar-refractivity contribution in [2.45, 2.75) is 44.9 Å². The first kappa shape index (κ1) is 16.3. The van der Waals surface area contributed by atoms with Gasteiger partial charge in [-0.15, -0.1) is 0 Å². The van der Waals surface area contributed by atoms with E-state index in [4.69, 9.17) is 9.47 Å². The highest BCUT2D eigenvalue weighted by Crippen LogP contribution is 2.36. The molecule has 2 rings (SSSR count). The van der Waals surface area contributed by atoms with Crippen LogP contribution in [0.1, 0.15) is 50.7 Å². The van der Waals surface area contributed by atoms with Gasteiger partial charge in [-0.3, -0.25) is 0 Å². The van der Waals surface area contributed by atoms with E-state index in [0.717, 1.165) is 18.8 Å². The van der Waals surface area contributed by atoms with Gasteiger partial charge in [-0.2, -0.15) is 0 Å². The molecule has 0 aliphatic carbocycles. The number of nitrogens with one attached hydrogen (secondary N) is 1. The standard InChI is InChI=1S/C18H29NO2/c1-18(2,3)15-5-6-17(21-12-11-20-4)16(13-15)14-7-9-19-10-8-14/h5-6,13-14,19H,7-12H2,1-4H3. The number of hydrogen-bond donors (Lipinski definition) is 1. The maximum absolute atomic E-state index is 5.95. The topological polar surface area (TPSA) is 30.5 Å². The lowest BCUT2D eigenvalue weighted by Crippen LogP contribution is -2.27. The SMILES string of the molecule is COCCOc1ccc(C(C)(C)C)cc1C1CCNCC1. The van der Waals surface area contributed by atoms with Crippen LogP contribution in [0.15, 0.2) is 18.2 Å². The Hall–Kier alpha value is -1.06. The molecule has 0 spiro atoms. The Bertz CT molecular complexity index is 445. The van der Waals surface area contributed by atoms with Gasteiger partial charge in [0.25, 0.3) is 0 Å². The fraction of sp³-hybridized carbons (Fsp3) is 0.667. The van der Waals surface area contributed by atoms with Crippen molar-refractivity contribution < 1.29 is 9.47 Å². The fourth-order valence-electron chi connectivity index (χ4n) is 2.83. The molecule has 1 aliphatic heterocycles. The minimum Gasteiger partial charge on any atom is -0.491 e. The van der Waals surface area contributed by atoms with E-state index in [9.17, 15) is 0 Å². The van der Waals surface area contributed by atoms with E-state index in [-0.39, 0.29) is 5.41 Å². The van der Waals surface area contributed by atoms with Crippen LogP contribution in [0.4, 0.5) is 0 Å². The van der Waals surface area contributed by atoms with Crippen LogP contribution in [0, 0.1) is 0 Å². The Balaban J connectivity index is 2.25. The van der Waals surface area contributed by atoms with Gasteiger partial charge in [0.2, 0.25) is 0 Å². The number of rotatable bonds is 5. The summed E-state index contributed by atoms with van der Waals surface area (Å²) in [5.74, 6) is 1.64. The molecule has 0 bridgehead atoms. The molecule has 1 aliphatic rings. The minimum atomic E-state index is 0.173. The molecule has 3 heteroatoms. The smallest absolute Gasteiger partial charge is 0.122 e. The molecule has 1 saturated heterocycles. The number of hydrogen-bond acceptors (Lipinski definition) is 3. The van der Waals surface area contributed by atoms with E-state index in [1.807, 2.05) is 0 Å². The lowest BCUT2D eigenvalue weighted by molar-refractivity contribution is 0.145. The van der Waals surface area contributed by atoms with Crippen LogP contribution >= 0.6 is 0 Å². The minimum absolute atomic E-state index is 0.173. The van der Waals surface area contributed by atoms with Gasteiger partial charge in [-0.05, 0) is 54.5 Å². The molecule has 1 N–H and O–H groups in total. The molecule has 1 fully saturated rings. The Morgan fingerprint density at radius 3 is 2.48 bits per heavy atom. The third kappa shape index (κ3) is 4.45. The van der Waals surface area contributed by atoms with E-state index in [1.54, 1.807) is 7.11 Å². The Kier molecular flexibility index (Phi) is 5.65. The number of ether oxygens (including phenoxy) is 2. The van der Waals surface area contributed by atoms with Crippen molar-refractivity contribution in [2.24, 2.45) is 0 Å². The summed E-state index contributed by atoms with van der Waals surface area (Å²) in [4.78, 5) is 0. The normalized spacial score (nSPS) is 17.0. The molecule has 0 amide bonds. The van der Waals surface area contributed by atoms with Gasteiger partial charge in [0, 0.05) is 7.11 Å². The molecule has 0 atom stereocenters. The third-order valence-electron chi connectivity index (χ3n) is 4.20. The largest absolute Gasteiger partial charge is 0.491 e. The zero-order chi connectivity index (χ0) is 15.3. The van der Waals surface area contributed by atoms with Crippen molar-refractivity contribution in [3.8, 4) is 5.75 Å². The summed E-state index contributed by atoms with van der Waals surface area (Å²) in [6.45, 7) is 10.2. The van der Waals surface area contributed by atoms with Crippen molar-refractivity contribution >= 4 is 0 Å². The first-order valence-corrected chi connectivity index (χ1v) is 7.99. The maximum atomic E-state index is 5.95. The zero-order valence-corrected chi connectivity index (χ0v) is 13.9. The van der Waals surface area contributed by atoms with Gasteiger partial charge < -0.3 is 14.8 Å². The molecule has 21 heavy (non-hydrogen) atoms. The first-order chi connectivity index (χ1) is 10.0. The summed E-state index contributed by atoms with van der Waals surface area (Å²) in [7, 11) is 1.71. The van der Waals surface area contributed by atoms with E-state index in [2.05, 4.69) is 44.3 Å². The molecule has 0 aromatic heterocycles. The average Bonchev–Trinajstić information content (AvgIpc) is 2.47. The second kappa shape index (κ2) is 7.28. The van der Waals surface area contributed by atoms with E-state index < -0.39 is 0 Å². The van der Waals surface area contributed by atoms with Crippen molar-refractivity contribution in [2.75, 3.05) is 33.4 Å². The Morgan fingerprint density at radius 2 is 1.86 bits per heavy atom. The number of benzene rings is 1. The van der Waals surface area contributed by atoms with Crippen LogP contribution in [0.5, 0.6) is 5.75 Å². The summed E-state index contributed by atoms with van der Waals surface area (Å²) in [6, 6.07) is 6.71. The summed E-state index contributed by atoms with van der Waals surface area (Å²) < 4.78 is 11.0. The van der Waals surface area contributed by atoms with Crippen molar-refractivity contribution in [1.82, 2.24) is 5.32 Å². The molecule has 0 radical (unpaired) electrons. The molecule has 1 aromatic rings. The van der Waals surface area contributed by atoms with Crippen LogP contribution < -0.4 is 10.1 Å². The second-order valence-corrected chi connectivity index (χ2v) is 6.87. The number of methoxy groups -OCH3 is 1. The second-order valence-electron chi connectivity index (χ2n) is 6.87. The third-order valence-corrected chi connectivity index (χ3v) is 4.20. The van der Waals surface area contributed by atoms with Crippen LogP contribution in [0.3, 0.4) is 0 Å². The molecule has 0 saturated carbocycles. The summed E-state index contributed by atoms with van der Waals surface area (Å²) in [5, 5.41) is 3.44. The molecule has 3 nitrogen and oxygen atoms in total. The van der Waals surface area contributed by atoms with E-state index >= 15 is 0 Å². The van der Waals surface area contributed by atoms with Gasteiger partial charge in [0.15, 0.2) is 0 Å². The van der Waals surface area contributed by atoms with Crippen molar-refractivity contribution in [3.63, 3.8) is 0 Å². The highest BCUT2D eigenvalue weighted by Gasteiger charge is 2.22.